The number of hydrogen-bond acceptors (Lipinski definition) is 1. The highest BCUT2D eigenvalue weighted by atomic mass is 32.3. The van der Waals surface area contributed by atoms with Crippen LogP contribution in [0.2, 0.25) is 0 Å². The average Bonchev–Trinajstić information content (AvgIpc) is 2.02. The summed E-state index contributed by atoms with van der Waals surface area (Å²) in [6.07, 6.45) is 0. The molecule has 0 bridgehead atoms. The van der Waals surface area contributed by atoms with Crippen LogP contribution >= 0.6 is 10.2 Å². The van der Waals surface area contributed by atoms with Gasteiger partial charge in [0.2, 0.25) is 0 Å². The third kappa shape index (κ3) is 3.69. The van der Waals surface area contributed by atoms with Crippen LogP contribution in [0.25, 0.3) is 0 Å². The molecule has 0 spiro atoms. The molecule has 1 nitrogen and oxygen atoms in total. The van der Waals surface area contributed by atoms with Gasteiger partial charge in [0.1, 0.15) is 0 Å². The lowest BCUT2D eigenvalue weighted by Crippen LogP contribution is -2.65. The molecule has 0 heterocycles. The first-order chi connectivity index (χ1) is 9.12. The van der Waals surface area contributed by atoms with Crippen molar-refractivity contribution in [2.45, 2.75) is 129 Å². The molecule has 0 atom stereocenters. The lowest BCUT2D eigenvalue weighted by atomic mass is 10.0. The Hall–Kier alpha value is 0.310. The third-order valence-corrected chi connectivity index (χ3v) is 11.1. The normalized spacial score (nSPS) is 17.1. The smallest absolute Gasteiger partial charge is 0.0220 e. The van der Waals surface area contributed by atoms with Gasteiger partial charge in [0, 0.05) is 25.3 Å². The minimum absolute atomic E-state index is 0.126. The lowest BCUT2D eigenvalue weighted by molar-refractivity contribution is 0.139. The molecule has 0 aromatic rings. The second kappa shape index (κ2) is 5.69. The fourth-order valence-electron chi connectivity index (χ4n) is 5.41. The Morgan fingerprint density at radius 1 is 0.409 bits per heavy atom. The average molecular weight is 332 g/mol. The van der Waals surface area contributed by atoms with Gasteiger partial charge < -0.3 is 0 Å². The predicted molar refractivity (Wildman–Crippen MR) is 108 cm³/mol. The maximum atomic E-state index is 2.90. The molecule has 0 N–H and O–H groups in total. The fourth-order valence-corrected chi connectivity index (χ4v) is 14.2. The van der Waals surface area contributed by atoms with Crippen molar-refractivity contribution < 1.29 is 0 Å². The zero-order valence-corrected chi connectivity index (χ0v) is 19.2. The second-order valence-electron chi connectivity index (χ2n) is 11.6. The molecule has 136 valence electrons. The van der Waals surface area contributed by atoms with Crippen molar-refractivity contribution in [3.8, 4) is 0 Å². The van der Waals surface area contributed by atoms with Gasteiger partial charge in [-0.1, -0.05) is 62.3 Å². The molecule has 0 aliphatic rings. The van der Waals surface area contributed by atoms with Gasteiger partial charge in [0.15, 0.2) is 0 Å². The Labute approximate surface area is 144 Å². The first-order valence-corrected chi connectivity index (χ1v) is 10.3. The quantitative estimate of drug-likeness (QED) is 0.500. The van der Waals surface area contributed by atoms with Crippen molar-refractivity contribution in [2.24, 2.45) is 0 Å². The van der Waals surface area contributed by atoms with Crippen LogP contribution < -0.4 is 0 Å². The van der Waals surface area contributed by atoms with Crippen molar-refractivity contribution >= 4 is 10.2 Å². The van der Waals surface area contributed by atoms with Gasteiger partial charge >= 0.3 is 0 Å². The van der Waals surface area contributed by atoms with E-state index in [1.54, 1.807) is 0 Å². The summed E-state index contributed by atoms with van der Waals surface area (Å²) in [7, 11) is -1.17. The molecule has 0 radical (unpaired) electrons. The van der Waals surface area contributed by atoms with E-state index in [9.17, 15) is 0 Å². The van der Waals surface area contributed by atoms with E-state index in [0.29, 0.717) is 0 Å². The van der Waals surface area contributed by atoms with E-state index in [-0.39, 0.29) is 25.3 Å². The number of rotatable bonds is 1. The second-order valence-corrected chi connectivity index (χ2v) is 16.8. The van der Waals surface area contributed by atoms with Gasteiger partial charge in [0.05, 0.1) is 0 Å². The SMILES string of the molecule is CC(C)(C)N(C(C)(C)C)S(C(C)(C)C)(C(C)(C)C)C(C)(C)C. The molecule has 0 saturated heterocycles. The molecule has 0 amide bonds. The highest BCUT2D eigenvalue weighted by molar-refractivity contribution is 8.34. The van der Waals surface area contributed by atoms with E-state index < -0.39 is 10.2 Å². The van der Waals surface area contributed by atoms with Crippen LogP contribution in [0.15, 0.2) is 0 Å². The topological polar surface area (TPSA) is 3.24 Å². The summed E-state index contributed by atoms with van der Waals surface area (Å²) in [6, 6.07) is 0. The molecule has 0 aliphatic heterocycles. The highest BCUT2D eigenvalue weighted by Crippen LogP contribution is 2.79. The third-order valence-electron chi connectivity index (χ3n) is 4.15. The largest absolute Gasteiger partial charge is 0.256 e. The molecule has 0 rings (SSSR count). The lowest BCUT2D eigenvalue weighted by Gasteiger charge is -2.75. The summed E-state index contributed by atoms with van der Waals surface area (Å²) in [5.74, 6) is 0. The van der Waals surface area contributed by atoms with Crippen LogP contribution in [0.3, 0.4) is 0 Å². The van der Waals surface area contributed by atoms with Gasteiger partial charge in [-0.05, 0) is 41.5 Å². The monoisotopic (exact) mass is 331 g/mol. The molecule has 0 aromatic carbocycles. The summed E-state index contributed by atoms with van der Waals surface area (Å²) >= 11 is 0. The van der Waals surface area contributed by atoms with Crippen LogP contribution in [0, 0.1) is 0 Å². The van der Waals surface area contributed by atoms with Crippen molar-refractivity contribution in [2.75, 3.05) is 0 Å². The molecule has 2 heteroatoms. The van der Waals surface area contributed by atoms with Gasteiger partial charge in [-0.15, -0.1) is 0 Å². The maximum absolute atomic E-state index is 2.90. The van der Waals surface area contributed by atoms with Crippen molar-refractivity contribution in [3.05, 3.63) is 0 Å². The first kappa shape index (κ1) is 22.3. The van der Waals surface area contributed by atoms with Crippen LogP contribution in [0.5, 0.6) is 0 Å². The Bertz CT molecular complexity index is 324. The van der Waals surface area contributed by atoms with E-state index in [2.05, 4.69) is 108 Å². The van der Waals surface area contributed by atoms with Gasteiger partial charge in [-0.3, -0.25) is 4.31 Å². The summed E-state index contributed by atoms with van der Waals surface area (Å²) in [5, 5.41) is 0. The summed E-state index contributed by atoms with van der Waals surface area (Å²) < 4.78 is 3.57. The summed E-state index contributed by atoms with van der Waals surface area (Å²) in [5.41, 5.74) is 0.253. The zero-order valence-electron chi connectivity index (χ0n) is 18.4. The fraction of sp³-hybridized carbons (Fsp3) is 1.00. The Balaban J connectivity index is 7.05. The summed E-state index contributed by atoms with van der Waals surface area (Å²) in [4.78, 5) is 0. The van der Waals surface area contributed by atoms with Crippen LogP contribution in [-0.2, 0) is 0 Å². The molecule has 0 unspecified atom stereocenters. The number of nitrogens with zero attached hydrogens (tertiary/aromatic N) is 1. The van der Waals surface area contributed by atoms with E-state index in [1.807, 2.05) is 0 Å². The molecular formula is C20H45NS. The van der Waals surface area contributed by atoms with Crippen molar-refractivity contribution in [1.29, 1.82) is 0 Å². The van der Waals surface area contributed by atoms with E-state index in [0.717, 1.165) is 0 Å². The van der Waals surface area contributed by atoms with Crippen LogP contribution in [0.1, 0.15) is 104 Å². The molecular weight excluding hydrogens is 286 g/mol. The van der Waals surface area contributed by atoms with Crippen molar-refractivity contribution in [1.82, 2.24) is 4.31 Å². The zero-order chi connectivity index (χ0) is 18.6. The van der Waals surface area contributed by atoms with Gasteiger partial charge in [-0.2, -0.15) is 10.2 Å². The standard InChI is InChI=1S/C20H45NS/c1-16(2,3)21(17(4,5)6)22(18(7,8)9,19(10,11)12)20(13,14)15/h1-15H3. The maximum Gasteiger partial charge on any atom is 0.0220 e. The van der Waals surface area contributed by atoms with Crippen molar-refractivity contribution in [3.63, 3.8) is 0 Å². The minimum Gasteiger partial charge on any atom is -0.256 e. The van der Waals surface area contributed by atoms with Crippen LogP contribution in [-0.4, -0.2) is 29.6 Å². The molecule has 0 aliphatic carbocycles. The van der Waals surface area contributed by atoms with E-state index in [4.69, 9.17) is 0 Å². The van der Waals surface area contributed by atoms with Gasteiger partial charge in [-0.25, -0.2) is 0 Å². The molecule has 22 heavy (non-hydrogen) atoms. The van der Waals surface area contributed by atoms with Crippen LogP contribution in [0.4, 0.5) is 0 Å². The Morgan fingerprint density at radius 2 is 0.591 bits per heavy atom. The van der Waals surface area contributed by atoms with E-state index in [1.165, 1.54) is 0 Å². The molecule has 0 aromatic heterocycles. The Kier molecular flexibility index (Phi) is 5.77. The summed E-state index contributed by atoms with van der Waals surface area (Å²) in [6.45, 7) is 36.5. The van der Waals surface area contributed by atoms with Gasteiger partial charge in [0.25, 0.3) is 0 Å². The number of hydrogen-bond donors (Lipinski definition) is 0. The molecule has 0 saturated carbocycles. The van der Waals surface area contributed by atoms with E-state index >= 15 is 0 Å². The molecule has 0 fully saturated rings. The Morgan fingerprint density at radius 3 is 0.636 bits per heavy atom. The first-order valence-electron chi connectivity index (χ1n) is 8.74. The predicted octanol–water partition coefficient (Wildman–Crippen LogP) is 7.00. The minimum atomic E-state index is -1.17. The highest BCUT2D eigenvalue weighted by Gasteiger charge is 2.60.